The van der Waals surface area contributed by atoms with Crippen LogP contribution >= 0.6 is 11.3 Å². The highest BCUT2D eigenvalue weighted by Crippen LogP contribution is 2.38. The van der Waals surface area contributed by atoms with Gasteiger partial charge < -0.3 is 9.30 Å². The van der Waals surface area contributed by atoms with Crippen molar-refractivity contribution in [2.45, 2.75) is 6.54 Å². The number of carbonyl (C=O) groups is 1. The van der Waals surface area contributed by atoms with Crippen LogP contribution in [-0.4, -0.2) is 32.5 Å². The lowest BCUT2D eigenvalue weighted by Gasteiger charge is -2.05. The molecule has 7 nitrogen and oxygen atoms in total. The van der Waals surface area contributed by atoms with E-state index in [1.807, 2.05) is 65.4 Å². The molecule has 0 unspecified atom stereocenters. The smallest absolute Gasteiger partial charge is 0.257 e. The second-order valence-corrected chi connectivity index (χ2v) is 8.13. The number of fused-ring (bicyclic) bond motifs is 1. The normalized spacial score (nSPS) is 10.9. The van der Waals surface area contributed by atoms with Crippen LogP contribution in [0, 0.1) is 0 Å². The largest absolute Gasteiger partial charge is 0.479 e. The topological polar surface area (TPSA) is 81.9 Å². The van der Waals surface area contributed by atoms with Crippen LogP contribution in [0.5, 0.6) is 5.88 Å². The molecule has 0 atom stereocenters. The van der Waals surface area contributed by atoms with Crippen molar-refractivity contribution in [1.29, 1.82) is 0 Å². The molecule has 0 radical (unpaired) electrons. The lowest BCUT2D eigenvalue weighted by Crippen LogP contribution is -2.11. The molecule has 0 bridgehead atoms. The van der Waals surface area contributed by atoms with E-state index in [2.05, 4.69) is 20.3 Å². The maximum atomic E-state index is 12.8. The molecular weight excluding hydrogens is 422 g/mol. The Kier molecular flexibility index (Phi) is 5.35. The first-order valence-electron chi connectivity index (χ1n) is 9.96. The standard InChI is InChI=1S/C24H19N5O2S/c1-31-23-20-21(19(13-26-23)17-5-3-2-4-6-17)32-24(27-20)28-22(30)18-9-7-16(8-10-18)14-29-12-11-25-15-29/h2-13,15H,14H2,1H3,(H,27,28,30). The monoisotopic (exact) mass is 441 g/mol. The maximum absolute atomic E-state index is 12.8. The van der Waals surface area contributed by atoms with Gasteiger partial charge in [0.2, 0.25) is 5.88 Å². The van der Waals surface area contributed by atoms with Gasteiger partial charge in [0.25, 0.3) is 5.91 Å². The van der Waals surface area contributed by atoms with Crippen molar-refractivity contribution in [3.05, 3.63) is 90.6 Å². The number of imidazole rings is 1. The van der Waals surface area contributed by atoms with Gasteiger partial charge in [-0.15, -0.1) is 0 Å². The van der Waals surface area contributed by atoms with Crippen molar-refractivity contribution < 1.29 is 9.53 Å². The number of benzene rings is 2. The second-order valence-electron chi connectivity index (χ2n) is 7.13. The van der Waals surface area contributed by atoms with Crippen molar-refractivity contribution in [1.82, 2.24) is 19.5 Å². The summed E-state index contributed by atoms with van der Waals surface area (Å²) in [5, 5.41) is 3.41. The molecule has 0 aliphatic heterocycles. The van der Waals surface area contributed by atoms with E-state index in [1.165, 1.54) is 11.3 Å². The van der Waals surface area contributed by atoms with Gasteiger partial charge in [0, 0.05) is 36.3 Å². The van der Waals surface area contributed by atoms with Crippen molar-refractivity contribution >= 4 is 32.6 Å². The Morgan fingerprint density at radius 1 is 1.12 bits per heavy atom. The third-order valence-electron chi connectivity index (χ3n) is 5.02. The van der Waals surface area contributed by atoms with Crippen molar-refractivity contribution in [2.24, 2.45) is 0 Å². The summed E-state index contributed by atoms with van der Waals surface area (Å²) in [5.41, 5.74) is 4.26. The summed E-state index contributed by atoms with van der Waals surface area (Å²) in [6.07, 6.45) is 7.19. The molecule has 1 amide bonds. The lowest BCUT2D eigenvalue weighted by molar-refractivity contribution is 0.102. The maximum Gasteiger partial charge on any atom is 0.257 e. The number of methoxy groups -OCH3 is 1. The van der Waals surface area contributed by atoms with Crippen LogP contribution in [0.3, 0.4) is 0 Å². The Balaban J connectivity index is 1.40. The van der Waals surface area contributed by atoms with Crippen molar-refractivity contribution in [3.8, 4) is 17.0 Å². The SMILES string of the molecule is COc1ncc(-c2ccccc2)c2sc(NC(=O)c3ccc(Cn4ccnc4)cc3)nc12. The molecule has 5 rings (SSSR count). The molecular formula is C24H19N5O2S. The first-order chi connectivity index (χ1) is 15.7. The van der Waals surface area contributed by atoms with Gasteiger partial charge in [0.05, 0.1) is 18.1 Å². The van der Waals surface area contributed by atoms with E-state index < -0.39 is 0 Å². The highest BCUT2D eigenvalue weighted by Gasteiger charge is 2.17. The number of thiazole rings is 1. The van der Waals surface area contributed by atoms with E-state index in [1.54, 1.807) is 25.8 Å². The molecule has 3 heterocycles. The lowest BCUT2D eigenvalue weighted by atomic mass is 10.1. The molecule has 0 saturated carbocycles. The predicted molar refractivity (Wildman–Crippen MR) is 125 cm³/mol. The molecule has 0 aliphatic rings. The number of hydrogen-bond donors (Lipinski definition) is 1. The van der Waals surface area contributed by atoms with E-state index in [9.17, 15) is 4.79 Å². The molecule has 0 aliphatic carbocycles. The quantitative estimate of drug-likeness (QED) is 0.407. The van der Waals surface area contributed by atoms with Crippen molar-refractivity contribution in [3.63, 3.8) is 0 Å². The zero-order chi connectivity index (χ0) is 21.9. The van der Waals surface area contributed by atoms with E-state index in [0.717, 1.165) is 21.4 Å². The average Bonchev–Trinajstić information content (AvgIpc) is 3.49. The minimum absolute atomic E-state index is 0.216. The van der Waals surface area contributed by atoms with E-state index in [4.69, 9.17) is 4.74 Å². The number of rotatable bonds is 6. The van der Waals surface area contributed by atoms with Gasteiger partial charge in [0.1, 0.15) is 5.52 Å². The summed E-state index contributed by atoms with van der Waals surface area (Å²) >= 11 is 1.40. The summed E-state index contributed by atoms with van der Waals surface area (Å²) in [6.45, 7) is 0.703. The van der Waals surface area contributed by atoms with Crippen LogP contribution in [-0.2, 0) is 6.54 Å². The molecule has 3 aromatic heterocycles. The molecule has 0 fully saturated rings. The number of amides is 1. The average molecular weight is 442 g/mol. The van der Waals surface area contributed by atoms with Crippen LogP contribution in [0.1, 0.15) is 15.9 Å². The van der Waals surface area contributed by atoms with E-state index in [-0.39, 0.29) is 5.91 Å². The molecule has 1 N–H and O–H groups in total. The molecule has 0 spiro atoms. The third kappa shape index (κ3) is 3.95. The summed E-state index contributed by atoms with van der Waals surface area (Å²) in [7, 11) is 1.56. The zero-order valence-electron chi connectivity index (χ0n) is 17.2. The predicted octanol–water partition coefficient (Wildman–Crippen LogP) is 4.86. The number of nitrogens with zero attached hydrogens (tertiary/aromatic N) is 4. The number of ether oxygens (including phenoxy) is 1. The first kappa shape index (κ1) is 19.9. The Morgan fingerprint density at radius 3 is 2.66 bits per heavy atom. The molecule has 0 saturated heterocycles. The third-order valence-corrected chi connectivity index (χ3v) is 6.03. The Hall–Kier alpha value is -4.04. The van der Waals surface area contributed by atoms with Gasteiger partial charge in [-0.05, 0) is 23.3 Å². The van der Waals surface area contributed by atoms with E-state index >= 15 is 0 Å². The minimum Gasteiger partial charge on any atom is -0.479 e. The molecule has 32 heavy (non-hydrogen) atoms. The summed E-state index contributed by atoms with van der Waals surface area (Å²) in [4.78, 5) is 25.9. The summed E-state index contributed by atoms with van der Waals surface area (Å²) in [5.74, 6) is 0.215. The summed E-state index contributed by atoms with van der Waals surface area (Å²) in [6, 6.07) is 17.5. The van der Waals surface area contributed by atoms with Gasteiger partial charge in [-0.3, -0.25) is 10.1 Å². The van der Waals surface area contributed by atoms with Crippen LogP contribution in [0.4, 0.5) is 5.13 Å². The number of pyridine rings is 1. The Bertz CT molecular complexity index is 1360. The fourth-order valence-corrected chi connectivity index (χ4v) is 4.42. The van der Waals surface area contributed by atoms with Gasteiger partial charge in [-0.2, -0.15) is 0 Å². The van der Waals surface area contributed by atoms with E-state index in [0.29, 0.717) is 28.6 Å². The minimum atomic E-state index is -0.216. The van der Waals surface area contributed by atoms with Gasteiger partial charge in [-0.1, -0.05) is 53.8 Å². The van der Waals surface area contributed by atoms with Gasteiger partial charge in [-0.25, -0.2) is 15.0 Å². The number of carbonyl (C=O) groups excluding carboxylic acids is 1. The second kappa shape index (κ2) is 8.60. The number of nitrogens with one attached hydrogen (secondary N) is 1. The highest BCUT2D eigenvalue weighted by atomic mass is 32.1. The van der Waals surface area contributed by atoms with Crippen molar-refractivity contribution in [2.75, 3.05) is 12.4 Å². The Morgan fingerprint density at radius 2 is 1.94 bits per heavy atom. The number of anilines is 1. The highest BCUT2D eigenvalue weighted by molar-refractivity contribution is 7.23. The van der Waals surface area contributed by atoms with Crippen LogP contribution in [0.15, 0.2) is 79.5 Å². The number of aromatic nitrogens is 4. The van der Waals surface area contributed by atoms with Gasteiger partial charge in [0.15, 0.2) is 5.13 Å². The molecule has 158 valence electrons. The van der Waals surface area contributed by atoms with Crippen LogP contribution in [0.25, 0.3) is 21.3 Å². The Labute approximate surface area is 188 Å². The number of hydrogen-bond acceptors (Lipinski definition) is 6. The fraction of sp³-hybridized carbons (Fsp3) is 0.0833. The zero-order valence-corrected chi connectivity index (χ0v) is 18.0. The van der Waals surface area contributed by atoms with Crippen LogP contribution < -0.4 is 10.1 Å². The molecule has 8 heteroatoms. The summed E-state index contributed by atoms with van der Waals surface area (Å²) < 4.78 is 8.28. The molecule has 5 aromatic rings. The fourth-order valence-electron chi connectivity index (χ4n) is 3.44. The first-order valence-corrected chi connectivity index (χ1v) is 10.8. The molecule has 2 aromatic carbocycles. The van der Waals surface area contributed by atoms with Gasteiger partial charge >= 0.3 is 0 Å². The van der Waals surface area contributed by atoms with Crippen LogP contribution in [0.2, 0.25) is 0 Å².